The van der Waals surface area contributed by atoms with Gasteiger partial charge in [-0.1, -0.05) is 96.7 Å². The van der Waals surface area contributed by atoms with Gasteiger partial charge in [0.15, 0.2) is 5.78 Å². The predicted octanol–water partition coefficient (Wildman–Crippen LogP) is 7.32. The summed E-state index contributed by atoms with van der Waals surface area (Å²) in [5.41, 5.74) is 5.31. The summed E-state index contributed by atoms with van der Waals surface area (Å²) in [6.07, 6.45) is 1.98. The minimum atomic E-state index is 0.0125. The molecule has 144 valence electrons. The highest BCUT2D eigenvalue weighted by Crippen LogP contribution is 2.47. The normalized spacial score (nSPS) is 12.5. The zero-order valence-electron chi connectivity index (χ0n) is 16.2. The number of allylic oxidation sites excluding steroid dienone is 1. The molecule has 4 aromatic rings. The summed E-state index contributed by atoms with van der Waals surface area (Å²) in [6.45, 7) is 0. The molecule has 3 heteroatoms. The fourth-order valence-electron chi connectivity index (χ4n) is 3.61. The molecule has 2 nitrogen and oxygen atoms in total. The molecule has 0 aliphatic carbocycles. The van der Waals surface area contributed by atoms with E-state index in [1.807, 2.05) is 91.0 Å². The highest BCUT2D eigenvalue weighted by Gasteiger charge is 2.23. The number of fused-ring (bicyclic) bond motifs is 2. The van der Waals surface area contributed by atoms with Crippen LogP contribution in [-0.2, 0) is 0 Å². The summed E-state index contributed by atoms with van der Waals surface area (Å²) in [6, 6.07) is 33.9. The first-order valence-corrected chi connectivity index (χ1v) is 10.6. The second-order valence-corrected chi connectivity index (χ2v) is 8.15. The number of para-hydroxylation sites is 2. The van der Waals surface area contributed by atoms with Crippen molar-refractivity contribution in [3.63, 3.8) is 0 Å². The lowest BCUT2D eigenvalue weighted by atomic mass is 9.93. The van der Waals surface area contributed by atoms with Crippen molar-refractivity contribution in [3.8, 4) is 0 Å². The number of anilines is 2. The van der Waals surface area contributed by atoms with E-state index in [0.717, 1.165) is 27.4 Å². The van der Waals surface area contributed by atoms with Crippen molar-refractivity contribution in [1.82, 2.24) is 0 Å². The van der Waals surface area contributed by atoms with E-state index in [2.05, 4.69) is 23.5 Å². The van der Waals surface area contributed by atoms with Crippen molar-refractivity contribution in [2.45, 2.75) is 9.79 Å². The molecule has 0 saturated heterocycles. The van der Waals surface area contributed by atoms with Gasteiger partial charge in [0.25, 0.3) is 0 Å². The Morgan fingerprint density at radius 2 is 1.37 bits per heavy atom. The zero-order chi connectivity index (χ0) is 20.3. The quantitative estimate of drug-likeness (QED) is 0.193. The maximum absolute atomic E-state index is 13.6. The van der Waals surface area contributed by atoms with Gasteiger partial charge in [-0.25, -0.2) is 0 Å². The lowest BCUT2D eigenvalue weighted by molar-refractivity contribution is 0.105. The Kier molecular flexibility index (Phi) is 4.96. The van der Waals surface area contributed by atoms with E-state index in [0.29, 0.717) is 11.1 Å². The van der Waals surface area contributed by atoms with Gasteiger partial charge in [-0.3, -0.25) is 4.79 Å². The number of hydrogen-bond donors (Lipinski definition) is 1. The van der Waals surface area contributed by atoms with Crippen LogP contribution in [0.25, 0.3) is 11.6 Å². The number of ketones is 1. The molecule has 0 unspecified atom stereocenters. The highest BCUT2D eigenvalue weighted by molar-refractivity contribution is 7.99. The van der Waals surface area contributed by atoms with Crippen LogP contribution in [0.15, 0.2) is 113 Å². The average molecular weight is 406 g/mol. The molecule has 0 atom stereocenters. The first-order chi connectivity index (χ1) is 14.8. The van der Waals surface area contributed by atoms with E-state index < -0.39 is 0 Å². The molecule has 5 rings (SSSR count). The smallest absolute Gasteiger partial charge is 0.193 e. The Bertz CT molecular complexity index is 1250. The van der Waals surface area contributed by atoms with Gasteiger partial charge in [-0.05, 0) is 29.8 Å². The highest BCUT2D eigenvalue weighted by atomic mass is 32.2. The molecule has 0 saturated carbocycles. The number of hydrogen-bond acceptors (Lipinski definition) is 3. The van der Waals surface area contributed by atoms with Crippen LogP contribution in [0, 0.1) is 0 Å². The molecular formula is C27H19NOS. The van der Waals surface area contributed by atoms with Gasteiger partial charge < -0.3 is 5.32 Å². The molecular weight excluding hydrogens is 386 g/mol. The molecule has 4 aromatic carbocycles. The van der Waals surface area contributed by atoms with Gasteiger partial charge in [0.2, 0.25) is 0 Å². The van der Waals surface area contributed by atoms with E-state index in [9.17, 15) is 4.79 Å². The van der Waals surface area contributed by atoms with E-state index in [-0.39, 0.29) is 5.78 Å². The molecule has 0 aromatic heterocycles. The van der Waals surface area contributed by atoms with Crippen LogP contribution in [0.1, 0.15) is 21.5 Å². The maximum Gasteiger partial charge on any atom is 0.193 e. The van der Waals surface area contributed by atoms with Crippen LogP contribution in [0.5, 0.6) is 0 Å². The first kappa shape index (κ1) is 18.5. The Hall–Kier alpha value is -3.56. The number of rotatable bonds is 4. The fraction of sp³-hybridized carbons (Fsp3) is 0. The molecule has 0 amide bonds. The average Bonchev–Trinajstić information content (AvgIpc) is 2.82. The predicted molar refractivity (Wildman–Crippen MR) is 125 cm³/mol. The summed E-state index contributed by atoms with van der Waals surface area (Å²) in [5, 5.41) is 3.57. The summed E-state index contributed by atoms with van der Waals surface area (Å²) < 4.78 is 0. The van der Waals surface area contributed by atoms with Gasteiger partial charge in [0.1, 0.15) is 0 Å². The number of carbonyl (C=O) groups is 1. The van der Waals surface area contributed by atoms with E-state index >= 15 is 0 Å². The topological polar surface area (TPSA) is 29.1 Å². The zero-order valence-corrected chi connectivity index (χ0v) is 17.0. The molecule has 1 heterocycles. The van der Waals surface area contributed by atoms with E-state index in [1.54, 1.807) is 11.8 Å². The summed E-state index contributed by atoms with van der Waals surface area (Å²) in [5.74, 6) is 0.0125. The van der Waals surface area contributed by atoms with Crippen LogP contribution in [-0.4, -0.2) is 5.78 Å². The molecule has 0 radical (unpaired) electrons. The van der Waals surface area contributed by atoms with Gasteiger partial charge in [0, 0.05) is 26.5 Å². The summed E-state index contributed by atoms with van der Waals surface area (Å²) in [7, 11) is 0. The number of benzene rings is 4. The Morgan fingerprint density at radius 3 is 2.17 bits per heavy atom. The SMILES string of the molecule is O=C(C(=Cc1ccccc1)c1cccc2c1Nc1ccccc1S2)c1ccccc1. The van der Waals surface area contributed by atoms with Crippen molar-refractivity contribution < 1.29 is 4.79 Å². The number of Topliss-reactive ketones (excluding diaryl/α,β-unsaturated/α-hetero) is 1. The standard InChI is InChI=1S/C27H19NOS/c29-27(20-12-5-2-6-13-20)22(18-19-10-3-1-4-11-19)21-14-9-17-25-26(21)28-23-15-7-8-16-24(23)30-25/h1-18,28H. The second-order valence-electron chi connectivity index (χ2n) is 7.07. The maximum atomic E-state index is 13.6. The third-order valence-electron chi connectivity index (χ3n) is 5.07. The van der Waals surface area contributed by atoms with Gasteiger partial charge >= 0.3 is 0 Å². The van der Waals surface area contributed by atoms with Gasteiger partial charge in [-0.2, -0.15) is 0 Å². The van der Waals surface area contributed by atoms with E-state index in [4.69, 9.17) is 0 Å². The molecule has 1 N–H and O–H groups in total. The van der Waals surface area contributed by atoms with Crippen LogP contribution >= 0.6 is 11.8 Å². The second kappa shape index (κ2) is 8.05. The van der Waals surface area contributed by atoms with Crippen molar-refractivity contribution in [3.05, 3.63) is 120 Å². The Labute approximate surface area is 180 Å². The van der Waals surface area contributed by atoms with Crippen LogP contribution in [0.3, 0.4) is 0 Å². The monoisotopic (exact) mass is 405 g/mol. The lowest BCUT2D eigenvalue weighted by Crippen LogP contribution is -2.08. The third kappa shape index (κ3) is 3.56. The van der Waals surface area contributed by atoms with Crippen molar-refractivity contribution >= 4 is 40.6 Å². The molecule has 30 heavy (non-hydrogen) atoms. The minimum Gasteiger partial charge on any atom is -0.353 e. The lowest BCUT2D eigenvalue weighted by Gasteiger charge is -2.24. The van der Waals surface area contributed by atoms with E-state index in [1.165, 1.54) is 4.90 Å². The molecule has 0 spiro atoms. The van der Waals surface area contributed by atoms with Crippen molar-refractivity contribution in [2.75, 3.05) is 5.32 Å². The molecule has 0 bridgehead atoms. The first-order valence-electron chi connectivity index (χ1n) is 9.83. The Balaban J connectivity index is 1.67. The van der Waals surface area contributed by atoms with Crippen molar-refractivity contribution in [1.29, 1.82) is 0 Å². The summed E-state index contributed by atoms with van der Waals surface area (Å²) in [4.78, 5) is 15.9. The third-order valence-corrected chi connectivity index (χ3v) is 6.21. The largest absolute Gasteiger partial charge is 0.353 e. The summed E-state index contributed by atoms with van der Waals surface area (Å²) >= 11 is 1.73. The van der Waals surface area contributed by atoms with Crippen LogP contribution in [0.4, 0.5) is 11.4 Å². The van der Waals surface area contributed by atoms with Crippen molar-refractivity contribution in [2.24, 2.45) is 0 Å². The number of carbonyl (C=O) groups excluding carboxylic acids is 1. The van der Waals surface area contributed by atoms with Gasteiger partial charge in [0.05, 0.1) is 11.4 Å². The Morgan fingerprint density at radius 1 is 0.700 bits per heavy atom. The molecule has 0 fully saturated rings. The fourth-order valence-corrected chi connectivity index (χ4v) is 4.63. The van der Waals surface area contributed by atoms with Gasteiger partial charge in [-0.15, -0.1) is 0 Å². The van der Waals surface area contributed by atoms with Crippen LogP contribution in [0.2, 0.25) is 0 Å². The molecule has 1 aliphatic heterocycles. The molecule has 1 aliphatic rings. The number of nitrogens with one attached hydrogen (secondary N) is 1. The van der Waals surface area contributed by atoms with Crippen LogP contribution < -0.4 is 5.32 Å². The minimum absolute atomic E-state index is 0.0125.